The topological polar surface area (TPSA) is 88.1 Å². The van der Waals surface area contributed by atoms with E-state index in [4.69, 9.17) is 5.10 Å². The van der Waals surface area contributed by atoms with Gasteiger partial charge in [0.25, 0.3) is 0 Å². The van der Waals surface area contributed by atoms with Gasteiger partial charge < -0.3 is 10.6 Å². The van der Waals surface area contributed by atoms with Gasteiger partial charge in [-0.05, 0) is 36.8 Å². The maximum atomic E-state index is 12.9. The molecule has 3 aromatic rings. The highest BCUT2D eigenvalue weighted by Crippen LogP contribution is 2.32. The Morgan fingerprint density at radius 2 is 2.09 bits per heavy atom. The lowest BCUT2D eigenvalue weighted by Gasteiger charge is -2.40. The predicted molar refractivity (Wildman–Crippen MR) is 125 cm³/mol. The number of fused-ring (bicyclic) bond motifs is 1. The van der Waals surface area contributed by atoms with E-state index in [0.29, 0.717) is 5.82 Å². The van der Waals surface area contributed by atoms with E-state index in [1.165, 1.54) is 0 Å². The first-order chi connectivity index (χ1) is 15.6. The molecule has 0 radical (unpaired) electrons. The minimum atomic E-state index is -0.496. The zero-order valence-electron chi connectivity index (χ0n) is 18.0. The summed E-state index contributed by atoms with van der Waals surface area (Å²) in [5.74, 6) is 0.514. The summed E-state index contributed by atoms with van der Waals surface area (Å²) in [6.07, 6.45) is 3.87. The van der Waals surface area contributed by atoms with Crippen molar-refractivity contribution in [2.45, 2.75) is 51.4 Å². The van der Waals surface area contributed by atoms with Crippen molar-refractivity contribution in [2.75, 3.05) is 5.32 Å². The average molecular weight is 450 g/mol. The minimum Gasteiger partial charge on any atom is -0.322 e. The van der Waals surface area contributed by atoms with Crippen molar-refractivity contribution in [1.29, 1.82) is 0 Å². The van der Waals surface area contributed by atoms with Crippen molar-refractivity contribution >= 4 is 29.0 Å². The van der Waals surface area contributed by atoms with E-state index < -0.39 is 6.29 Å². The summed E-state index contributed by atoms with van der Waals surface area (Å²) in [5.41, 5.74) is 2.85. The number of aromatic nitrogens is 2. The second kappa shape index (κ2) is 8.88. The summed E-state index contributed by atoms with van der Waals surface area (Å²) < 4.78 is 1.70. The number of benzene rings is 1. The molecule has 1 aliphatic heterocycles. The van der Waals surface area contributed by atoms with Gasteiger partial charge in [-0.2, -0.15) is 5.10 Å². The maximum Gasteiger partial charge on any atom is 0.229 e. The van der Waals surface area contributed by atoms with Crippen LogP contribution in [0.1, 0.15) is 43.1 Å². The van der Waals surface area contributed by atoms with Crippen LogP contribution in [0.25, 0.3) is 10.6 Å². The third kappa shape index (κ3) is 4.33. The number of anilines is 1. The lowest BCUT2D eigenvalue weighted by molar-refractivity contribution is -0.132. The molecule has 8 heteroatoms. The molecule has 166 valence electrons. The van der Waals surface area contributed by atoms with E-state index in [1.807, 2.05) is 54.8 Å². The molecule has 3 heterocycles. The summed E-state index contributed by atoms with van der Waals surface area (Å²) in [6, 6.07) is 13.9. The van der Waals surface area contributed by atoms with E-state index in [2.05, 4.69) is 16.0 Å². The summed E-state index contributed by atoms with van der Waals surface area (Å²) in [5, 5.41) is 16.4. The number of aryl methyl sites for hydroxylation is 1. The lowest BCUT2D eigenvalue weighted by Crippen LogP contribution is -2.59. The molecule has 3 unspecified atom stereocenters. The molecule has 3 N–H and O–H groups in total. The van der Waals surface area contributed by atoms with Gasteiger partial charge >= 0.3 is 0 Å². The van der Waals surface area contributed by atoms with Crippen molar-refractivity contribution in [2.24, 2.45) is 5.92 Å². The van der Waals surface area contributed by atoms with Crippen LogP contribution in [0.15, 0.2) is 47.8 Å². The van der Waals surface area contributed by atoms with Crippen LogP contribution in [0.2, 0.25) is 0 Å². The standard InChI is InChI=1S/C24H27N5O2S/c1-15-6-4-7-16(12-15)13-22(30)26-21-14-19(20-10-5-11-32-20)28-29(21)24-25-18-9-3-2-8-17(18)23(31)27-24/h4-7,10-12,14,17-18,24-25H,2-3,8-9,13H2,1H3,(H,26,30)(H,27,31). The number of carbonyl (C=O) groups is 2. The van der Waals surface area contributed by atoms with Gasteiger partial charge in [0.05, 0.1) is 17.2 Å². The molecule has 32 heavy (non-hydrogen) atoms. The number of rotatable bonds is 5. The van der Waals surface area contributed by atoms with Crippen molar-refractivity contribution in [3.8, 4) is 10.6 Å². The summed E-state index contributed by atoms with van der Waals surface area (Å²) in [7, 11) is 0. The molecular weight excluding hydrogens is 422 g/mol. The highest BCUT2D eigenvalue weighted by atomic mass is 32.1. The molecule has 1 saturated heterocycles. The third-order valence-corrected chi connectivity index (χ3v) is 7.11. The van der Waals surface area contributed by atoms with E-state index in [0.717, 1.165) is 47.4 Å². The van der Waals surface area contributed by atoms with Crippen LogP contribution in [0.4, 0.5) is 5.82 Å². The second-order valence-electron chi connectivity index (χ2n) is 8.63. The molecule has 2 amide bonds. The normalized spacial score (nSPS) is 22.8. The van der Waals surface area contributed by atoms with Gasteiger partial charge in [-0.1, -0.05) is 48.7 Å². The van der Waals surface area contributed by atoms with Gasteiger partial charge in [0.2, 0.25) is 11.8 Å². The van der Waals surface area contributed by atoms with Crippen LogP contribution in [-0.4, -0.2) is 27.6 Å². The highest BCUT2D eigenvalue weighted by Gasteiger charge is 2.38. The van der Waals surface area contributed by atoms with Gasteiger partial charge in [0, 0.05) is 12.1 Å². The number of amides is 2. The van der Waals surface area contributed by atoms with E-state index >= 15 is 0 Å². The van der Waals surface area contributed by atoms with E-state index in [-0.39, 0.29) is 30.2 Å². The molecule has 5 rings (SSSR count). The van der Waals surface area contributed by atoms with Gasteiger partial charge in [0.1, 0.15) is 11.5 Å². The Balaban J connectivity index is 1.41. The van der Waals surface area contributed by atoms with Gasteiger partial charge in [-0.25, -0.2) is 4.68 Å². The average Bonchev–Trinajstić information content (AvgIpc) is 3.44. The first kappa shape index (κ1) is 20.9. The SMILES string of the molecule is Cc1cccc(CC(=O)Nc2cc(-c3cccs3)nn2C2NC(=O)C3CCCCC3N2)c1. The largest absolute Gasteiger partial charge is 0.322 e. The number of nitrogens with zero attached hydrogens (tertiary/aromatic N) is 2. The van der Waals surface area contributed by atoms with E-state index in [9.17, 15) is 9.59 Å². The minimum absolute atomic E-state index is 0.00619. The summed E-state index contributed by atoms with van der Waals surface area (Å²) in [4.78, 5) is 26.6. The molecule has 2 aliphatic rings. The molecule has 0 spiro atoms. The predicted octanol–water partition coefficient (Wildman–Crippen LogP) is 3.84. The first-order valence-corrected chi connectivity index (χ1v) is 12.0. The molecule has 1 aromatic carbocycles. The van der Waals surface area contributed by atoms with Crippen molar-refractivity contribution in [3.63, 3.8) is 0 Å². The third-order valence-electron chi connectivity index (χ3n) is 6.22. The fourth-order valence-corrected chi connectivity index (χ4v) is 5.37. The Morgan fingerprint density at radius 1 is 1.22 bits per heavy atom. The van der Waals surface area contributed by atoms with Crippen LogP contribution in [-0.2, 0) is 16.0 Å². The molecule has 2 fully saturated rings. The fourth-order valence-electron chi connectivity index (χ4n) is 4.69. The van der Waals surface area contributed by atoms with Gasteiger partial charge in [0.15, 0.2) is 6.29 Å². The molecule has 0 bridgehead atoms. The number of hydrogen-bond acceptors (Lipinski definition) is 5. The Labute approximate surface area is 191 Å². The first-order valence-electron chi connectivity index (χ1n) is 11.1. The summed E-state index contributed by atoms with van der Waals surface area (Å²) in [6.45, 7) is 2.01. The zero-order chi connectivity index (χ0) is 22.1. The highest BCUT2D eigenvalue weighted by molar-refractivity contribution is 7.13. The van der Waals surface area contributed by atoms with Crippen LogP contribution in [0, 0.1) is 12.8 Å². The van der Waals surface area contributed by atoms with Crippen LogP contribution in [0.3, 0.4) is 0 Å². The number of carbonyl (C=O) groups excluding carboxylic acids is 2. The number of thiophene rings is 1. The molecule has 7 nitrogen and oxygen atoms in total. The monoisotopic (exact) mass is 449 g/mol. The van der Waals surface area contributed by atoms with Crippen molar-refractivity contribution in [3.05, 3.63) is 59.0 Å². The Bertz CT molecular complexity index is 1120. The molecule has 1 saturated carbocycles. The maximum absolute atomic E-state index is 12.9. The number of hydrogen-bond donors (Lipinski definition) is 3. The van der Waals surface area contributed by atoms with Crippen molar-refractivity contribution < 1.29 is 9.59 Å². The molecular formula is C24H27N5O2S. The lowest BCUT2D eigenvalue weighted by atomic mass is 9.83. The smallest absolute Gasteiger partial charge is 0.229 e. The number of nitrogens with one attached hydrogen (secondary N) is 3. The molecule has 2 aromatic heterocycles. The molecule has 1 aliphatic carbocycles. The van der Waals surface area contributed by atoms with E-state index in [1.54, 1.807) is 16.0 Å². The fraction of sp³-hybridized carbons (Fsp3) is 0.375. The van der Waals surface area contributed by atoms with Gasteiger partial charge in [-0.15, -0.1) is 11.3 Å². The second-order valence-corrected chi connectivity index (χ2v) is 9.57. The zero-order valence-corrected chi connectivity index (χ0v) is 18.8. The van der Waals surface area contributed by atoms with Crippen LogP contribution < -0.4 is 16.0 Å². The van der Waals surface area contributed by atoms with Gasteiger partial charge in [-0.3, -0.25) is 14.9 Å². The summed E-state index contributed by atoms with van der Waals surface area (Å²) >= 11 is 1.59. The Morgan fingerprint density at radius 3 is 2.91 bits per heavy atom. The van der Waals surface area contributed by atoms with Crippen LogP contribution in [0.5, 0.6) is 0 Å². The Kier molecular flexibility index (Phi) is 5.80. The van der Waals surface area contributed by atoms with Crippen molar-refractivity contribution in [1.82, 2.24) is 20.4 Å². The quantitative estimate of drug-likeness (QED) is 0.552. The molecule has 3 atom stereocenters. The Hall–Kier alpha value is -2.97. The van der Waals surface area contributed by atoms with Crippen LogP contribution >= 0.6 is 11.3 Å².